The van der Waals surface area contributed by atoms with Crippen LogP contribution in [0.25, 0.3) is 21.4 Å². The van der Waals surface area contributed by atoms with E-state index in [-0.39, 0.29) is 0 Å². The highest BCUT2D eigenvalue weighted by molar-refractivity contribution is 7.99. The Kier molecular flexibility index (Phi) is 9.33. The van der Waals surface area contributed by atoms with E-state index in [0.717, 1.165) is 63.0 Å². The van der Waals surface area contributed by atoms with Crippen molar-refractivity contribution in [3.63, 3.8) is 0 Å². The van der Waals surface area contributed by atoms with Gasteiger partial charge in [-0.1, -0.05) is 35.7 Å². The molecule has 0 bridgehead atoms. The molecule has 4 rings (SSSR count). The summed E-state index contributed by atoms with van der Waals surface area (Å²) in [5, 5.41) is 30.8. The molecule has 0 saturated heterocycles. The predicted octanol–water partition coefficient (Wildman–Crippen LogP) is 5.16. The number of rotatable bonds is 9. The summed E-state index contributed by atoms with van der Waals surface area (Å²) in [5.74, 6) is 3.13. The van der Waals surface area contributed by atoms with Crippen LogP contribution < -0.4 is 0 Å². The number of hydrogen-bond acceptors (Lipinski definition) is 9. The maximum atomic E-state index is 9.00. The van der Waals surface area contributed by atoms with Gasteiger partial charge in [0, 0.05) is 32.5 Å². The van der Waals surface area contributed by atoms with Crippen molar-refractivity contribution in [1.82, 2.24) is 29.5 Å². The molecule has 0 saturated carbocycles. The summed E-state index contributed by atoms with van der Waals surface area (Å²) < 4.78 is 4.16. The van der Waals surface area contributed by atoms with E-state index in [9.17, 15) is 0 Å². The maximum absolute atomic E-state index is 9.00. The minimum absolute atomic E-state index is 0.833. The van der Waals surface area contributed by atoms with Crippen molar-refractivity contribution in [2.75, 3.05) is 11.5 Å². The van der Waals surface area contributed by atoms with Crippen LogP contribution in [0.5, 0.6) is 0 Å². The Morgan fingerprint density at radius 2 is 1.28 bits per heavy atom. The lowest BCUT2D eigenvalue weighted by Crippen LogP contribution is -1.95. The Balaban J connectivity index is 0.000000668. The lowest BCUT2D eigenvalue weighted by atomic mass is 10.4. The number of carbonyl (C=O) groups is 1. The van der Waals surface area contributed by atoms with Gasteiger partial charge in [0.15, 0.2) is 22.0 Å². The standard InChI is InChI=1S/C18H20N6S4.C2H4O2/c1-23-15(13-7-5-11-25-13)19-21-17(23)27-9-3-4-10-28-18-22-20-16(24(18)2)14-8-6-12-26-14;1-2(3)4/h5-8,11-12H,3-4,9-10H2,1-2H3;1H3,(H,3,4). The molecule has 0 fully saturated rings. The van der Waals surface area contributed by atoms with Gasteiger partial charge in [-0.05, 0) is 35.7 Å². The third-order valence-corrected chi connectivity index (χ3v) is 8.10. The Morgan fingerprint density at radius 3 is 1.62 bits per heavy atom. The van der Waals surface area contributed by atoms with E-state index in [1.165, 1.54) is 0 Å². The van der Waals surface area contributed by atoms with Gasteiger partial charge < -0.3 is 14.2 Å². The van der Waals surface area contributed by atoms with Gasteiger partial charge in [0.05, 0.1) is 9.75 Å². The number of aromatic nitrogens is 6. The summed E-state index contributed by atoms with van der Waals surface area (Å²) in [7, 11) is 4.07. The number of carboxylic acids is 1. The number of hydrogen-bond donors (Lipinski definition) is 1. The van der Waals surface area contributed by atoms with E-state index in [1.54, 1.807) is 46.2 Å². The van der Waals surface area contributed by atoms with Crippen LogP contribution in [0.15, 0.2) is 45.3 Å². The summed E-state index contributed by atoms with van der Waals surface area (Å²) in [4.78, 5) is 11.3. The molecule has 1 N–H and O–H groups in total. The molecule has 12 heteroatoms. The fraction of sp³-hybridized carbons (Fsp3) is 0.350. The molecular formula is C20H24N6O2S4. The Labute approximate surface area is 203 Å². The van der Waals surface area contributed by atoms with E-state index in [2.05, 4.69) is 52.4 Å². The molecule has 170 valence electrons. The van der Waals surface area contributed by atoms with E-state index in [1.807, 2.05) is 26.2 Å². The SMILES string of the molecule is CC(=O)O.Cn1c(SCCCCSc2nnc(-c3cccs3)n2C)nnc1-c1cccs1. The Hall–Kier alpha value is -2.15. The molecule has 0 aromatic carbocycles. The molecule has 0 atom stereocenters. The Morgan fingerprint density at radius 1 is 0.875 bits per heavy atom. The van der Waals surface area contributed by atoms with Crippen molar-refractivity contribution in [2.45, 2.75) is 30.1 Å². The molecule has 0 aliphatic carbocycles. The maximum Gasteiger partial charge on any atom is 0.300 e. The van der Waals surface area contributed by atoms with Crippen LogP contribution >= 0.6 is 46.2 Å². The number of carboxylic acid groups (broad SMARTS) is 1. The second-order valence-corrected chi connectivity index (χ2v) is 10.6. The van der Waals surface area contributed by atoms with Crippen LogP contribution in [-0.2, 0) is 18.9 Å². The number of unbranched alkanes of at least 4 members (excludes halogenated alkanes) is 1. The highest BCUT2D eigenvalue weighted by Crippen LogP contribution is 2.28. The average Bonchev–Trinajstić information content (AvgIpc) is 3.54. The number of aliphatic carboxylic acids is 1. The fourth-order valence-electron chi connectivity index (χ4n) is 2.65. The lowest BCUT2D eigenvalue weighted by molar-refractivity contribution is -0.134. The van der Waals surface area contributed by atoms with Crippen LogP contribution in [0.4, 0.5) is 0 Å². The Bertz CT molecular complexity index is 1020. The molecule has 0 unspecified atom stereocenters. The van der Waals surface area contributed by atoms with Crippen LogP contribution in [0.3, 0.4) is 0 Å². The van der Waals surface area contributed by atoms with Gasteiger partial charge >= 0.3 is 0 Å². The van der Waals surface area contributed by atoms with Gasteiger partial charge in [-0.2, -0.15) is 0 Å². The largest absolute Gasteiger partial charge is 0.481 e. The summed E-state index contributed by atoms with van der Waals surface area (Å²) in [6.45, 7) is 1.08. The van der Waals surface area contributed by atoms with Gasteiger partial charge in [0.2, 0.25) is 0 Å². The van der Waals surface area contributed by atoms with Crippen LogP contribution in [-0.4, -0.2) is 52.1 Å². The average molecular weight is 509 g/mol. The molecule has 4 heterocycles. The molecule has 0 spiro atoms. The first-order chi connectivity index (χ1) is 15.5. The molecule has 0 radical (unpaired) electrons. The molecule has 0 aliphatic rings. The van der Waals surface area contributed by atoms with E-state index in [0.29, 0.717) is 0 Å². The molecular weight excluding hydrogens is 485 g/mol. The van der Waals surface area contributed by atoms with Crippen molar-refractivity contribution in [2.24, 2.45) is 14.1 Å². The molecule has 0 amide bonds. The molecule has 0 aliphatic heterocycles. The summed E-state index contributed by atoms with van der Waals surface area (Å²) in [6, 6.07) is 8.24. The summed E-state index contributed by atoms with van der Waals surface area (Å²) in [5.41, 5.74) is 0. The van der Waals surface area contributed by atoms with Gasteiger partial charge in [-0.25, -0.2) is 0 Å². The van der Waals surface area contributed by atoms with Gasteiger partial charge in [0.1, 0.15) is 0 Å². The van der Waals surface area contributed by atoms with Crippen molar-refractivity contribution >= 4 is 52.2 Å². The quantitative estimate of drug-likeness (QED) is 0.245. The van der Waals surface area contributed by atoms with Crippen LogP contribution in [0.1, 0.15) is 19.8 Å². The highest BCUT2D eigenvalue weighted by Gasteiger charge is 2.13. The first-order valence-electron chi connectivity index (χ1n) is 9.79. The highest BCUT2D eigenvalue weighted by atomic mass is 32.2. The second kappa shape index (κ2) is 12.2. The van der Waals surface area contributed by atoms with E-state index >= 15 is 0 Å². The topological polar surface area (TPSA) is 98.7 Å². The summed E-state index contributed by atoms with van der Waals surface area (Å²) in [6.07, 6.45) is 2.27. The van der Waals surface area contributed by atoms with Gasteiger partial charge in [0.25, 0.3) is 5.97 Å². The van der Waals surface area contributed by atoms with Crippen LogP contribution in [0, 0.1) is 0 Å². The van der Waals surface area contributed by atoms with E-state index < -0.39 is 5.97 Å². The smallest absolute Gasteiger partial charge is 0.300 e. The minimum Gasteiger partial charge on any atom is -0.481 e. The monoisotopic (exact) mass is 508 g/mol. The molecule has 4 aromatic rings. The minimum atomic E-state index is -0.833. The van der Waals surface area contributed by atoms with Gasteiger partial charge in [-0.15, -0.1) is 43.1 Å². The van der Waals surface area contributed by atoms with Gasteiger partial charge in [-0.3, -0.25) is 4.79 Å². The zero-order chi connectivity index (χ0) is 22.9. The molecule has 32 heavy (non-hydrogen) atoms. The zero-order valence-electron chi connectivity index (χ0n) is 18.0. The zero-order valence-corrected chi connectivity index (χ0v) is 21.2. The van der Waals surface area contributed by atoms with Crippen molar-refractivity contribution in [3.05, 3.63) is 35.0 Å². The lowest BCUT2D eigenvalue weighted by Gasteiger charge is -2.04. The first-order valence-corrected chi connectivity index (χ1v) is 13.5. The van der Waals surface area contributed by atoms with Crippen LogP contribution in [0.2, 0.25) is 0 Å². The predicted molar refractivity (Wildman–Crippen MR) is 133 cm³/mol. The first kappa shape index (κ1) is 24.5. The summed E-state index contributed by atoms with van der Waals surface area (Å²) >= 11 is 6.92. The third-order valence-electron chi connectivity index (χ3n) is 4.15. The van der Waals surface area contributed by atoms with Crippen molar-refractivity contribution in [3.8, 4) is 21.4 Å². The van der Waals surface area contributed by atoms with Crippen molar-refractivity contribution in [1.29, 1.82) is 0 Å². The fourth-order valence-corrected chi connectivity index (χ4v) is 5.96. The number of thioether (sulfide) groups is 2. The normalized spacial score (nSPS) is 10.7. The van der Waals surface area contributed by atoms with E-state index in [4.69, 9.17) is 9.90 Å². The number of thiophene rings is 2. The second-order valence-electron chi connectivity index (χ2n) is 6.61. The third kappa shape index (κ3) is 6.67. The number of nitrogens with zero attached hydrogens (tertiary/aromatic N) is 6. The molecule has 4 aromatic heterocycles. The van der Waals surface area contributed by atoms with Crippen molar-refractivity contribution < 1.29 is 9.90 Å². The molecule has 8 nitrogen and oxygen atoms in total.